The minimum absolute atomic E-state index is 0.260. The van der Waals surface area contributed by atoms with E-state index in [0.29, 0.717) is 11.8 Å². The lowest BCUT2D eigenvalue weighted by atomic mass is 9.72. The third-order valence-electron chi connectivity index (χ3n) is 3.57. The van der Waals surface area contributed by atoms with Gasteiger partial charge in [-0.2, -0.15) is 0 Å². The SMILES string of the molecule is CC(C)C1(O)C2C#CCC1CC2. The maximum Gasteiger partial charge on any atom is 0.0844 e. The first-order chi connectivity index (χ1) is 5.65. The van der Waals surface area contributed by atoms with Crippen LogP contribution in [0.4, 0.5) is 0 Å². The van der Waals surface area contributed by atoms with E-state index in [4.69, 9.17) is 0 Å². The third-order valence-corrected chi connectivity index (χ3v) is 3.57. The van der Waals surface area contributed by atoms with Crippen LogP contribution >= 0.6 is 0 Å². The molecule has 2 bridgehead atoms. The first kappa shape index (κ1) is 8.13. The summed E-state index contributed by atoms with van der Waals surface area (Å²) in [6, 6.07) is 0. The van der Waals surface area contributed by atoms with Gasteiger partial charge in [0.05, 0.1) is 5.60 Å². The first-order valence-electron chi connectivity index (χ1n) is 4.86. The topological polar surface area (TPSA) is 20.2 Å². The molecule has 1 heteroatoms. The van der Waals surface area contributed by atoms with E-state index in [9.17, 15) is 5.11 Å². The fourth-order valence-electron chi connectivity index (χ4n) is 2.75. The monoisotopic (exact) mass is 164 g/mol. The maximum absolute atomic E-state index is 10.4. The minimum Gasteiger partial charge on any atom is -0.388 e. The fraction of sp³-hybridized carbons (Fsp3) is 0.818. The van der Waals surface area contributed by atoms with Gasteiger partial charge in [-0.25, -0.2) is 0 Å². The van der Waals surface area contributed by atoms with Gasteiger partial charge in [-0.1, -0.05) is 19.8 Å². The van der Waals surface area contributed by atoms with Crippen LogP contribution < -0.4 is 0 Å². The molecular weight excluding hydrogens is 148 g/mol. The lowest BCUT2D eigenvalue weighted by molar-refractivity contribution is -0.0614. The lowest BCUT2D eigenvalue weighted by Crippen LogP contribution is -2.45. The second-order valence-corrected chi connectivity index (χ2v) is 4.39. The Balaban J connectivity index is 2.34. The molecule has 0 heterocycles. The van der Waals surface area contributed by atoms with Gasteiger partial charge in [-0.05, 0) is 18.8 Å². The van der Waals surface area contributed by atoms with Crippen LogP contribution in [-0.4, -0.2) is 10.7 Å². The Morgan fingerprint density at radius 3 is 2.67 bits per heavy atom. The van der Waals surface area contributed by atoms with E-state index >= 15 is 0 Å². The number of hydrogen-bond acceptors (Lipinski definition) is 1. The molecular formula is C11H16O. The Morgan fingerprint density at radius 2 is 2.17 bits per heavy atom. The number of rotatable bonds is 1. The van der Waals surface area contributed by atoms with Crippen molar-refractivity contribution in [3.8, 4) is 11.8 Å². The van der Waals surface area contributed by atoms with E-state index in [-0.39, 0.29) is 5.92 Å². The predicted molar refractivity (Wildman–Crippen MR) is 48.4 cm³/mol. The predicted octanol–water partition coefficient (Wildman–Crippen LogP) is 1.81. The van der Waals surface area contributed by atoms with E-state index in [2.05, 4.69) is 25.7 Å². The van der Waals surface area contributed by atoms with Gasteiger partial charge < -0.3 is 5.11 Å². The summed E-state index contributed by atoms with van der Waals surface area (Å²) in [5.74, 6) is 7.39. The molecule has 1 N–H and O–H groups in total. The van der Waals surface area contributed by atoms with E-state index in [0.717, 1.165) is 19.3 Å². The Morgan fingerprint density at radius 1 is 1.42 bits per heavy atom. The van der Waals surface area contributed by atoms with Crippen LogP contribution in [0.25, 0.3) is 0 Å². The summed E-state index contributed by atoms with van der Waals surface area (Å²) in [4.78, 5) is 0. The molecule has 0 aromatic heterocycles. The van der Waals surface area contributed by atoms with Crippen LogP contribution in [0.1, 0.15) is 33.1 Å². The van der Waals surface area contributed by atoms with E-state index in [1.807, 2.05) is 0 Å². The molecule has 3 atom stereocenters. The van der Waals surface area contributed by atoms with Crippen LogP contribution in [0.2, 0.25) is 0 Å². The van der Waals surface area contributed by atoms with Gasteiger partial charge in [0.25, 0.3) is 0 Å². The van der Waals surface area contributed by atoms with Crippen LogP contribution in [0.15, 0.2) is 0 Å². The van der Waals surface area contributed by atoms with Crippen molar-refractivity contribution in [1.29, 1.82) is 0 Å². The summed E-state index contributed by atoms with van der Waals surface area (Å²) in [6.07, 6.45) is 3.16. The normalized spacial score (nSPS) is 44.3. The van der Waals surface area contributed by atoms with Gasteiger partial charge in [0.2, 0.25) is 0 Å². The quantitative estimate of drug-likeness (QED) is 0.586. The van der Waals surface area contributed by atoms with Crippen LogP contribution in [0.5, 0.6) is 0 Å². The van der Waals surface area contributed by atoms with Gasteiger partial charge in [0, 0.05) is 18.3 Å². The Hall–Kier alpha value is -0.480. The molecule has 3 unspecified atom stereocenters. The van der Waals surface area contributed by atoms with Crippen molar-refractivity contribution in [1.82, 2.24) is 0 Å². The molecule has 0 aromatic carbocycles. The summed E-state index contributed by atoms with van der Waals surface area (Å²) in [5, 5.41) is 10.4. The number of fused-ring (bicyclic) bond motifs is 2. The lowest BCUT2D eigenvalue weighted by Gasteiger charge is -2.38. The maximum atomic E-state index is 10.4. The Bertz CT molecular complexity index is 245. The van der Waals surface area contributed by atoms with Crippen molar-refractivity contribution < 1.29 is 5.11 Å². The third kappa shape index (κ3) is 0.850. The zero-order valence-electron chi connectivity index (χ0n) is 7.80. The van der Waals surface area contributed by atoms with Gasteiger partial charge in [-0.3, -0.25) is 0 Å². The zero-order chi connectivity index (χ0) is 8.77. The van der Waals surface area contributed by atoms with E-state index in [1.54, 1.807) is 0 Å². The molecule has 0 spiro atoms. The van der Waals surface area contributed by atoms with Crippen molar-refractivity contribution in [2.75, 3.05) is 0 Å². The highest BCUT2D eigenvalue weighted by Crippen LogP contribution is 2.48. The molecule has 0 aliphatic heterocycles. The summed E-state index contributed by atoms with van der Waals surface area (Å²) < 4.78 is 0. The van der Waals surface area contributed by atoms with Gasteiger partial charge >= 0.3 is 0 Å². The fourth-order valence-corrected chi connectivity index (χ4v) is 2.75. The molecule has 12 heavy (non-hydrogen) atoms. The van der Waals surface area contributed by atoms with Crippen molar-refractivity contribution in [2.24, 2.45) is 17.8 Å². The van der Waals surface area contributed by atoms with Crippen molar-refractivity contribution in [2.45, 2.75) is 38.7 Å². The summed E-state index contributed by atoms with van der Waals surface area (Å²) in [5.41, 5.74) is -0.467. The van der Waals surface area contributed by atoms with Crippen LogP contribution in [-0.2, 0) is 0 Å². The van der Waals surface area contributed by atoms with Crippen molar-refractivity contribution in [3.63, 3.8) is 0 Å². The second kappa shape index (κ2) is 2.50. The van der Waals surface area contributed by atoms with Gasteiger partial charge in [-0.15, -0.1) is 5.92 Å². The van der Waals surface area contributed by atoms with Gasteiger partial charge in [0.1, 0.15) is 0 Å². The average Bonchev–Trinajstić information content (AvgIpc) is 2.24. The highest BCUT2D eigenvalue weighted by atomic mass is 16.3. The van der Waals surface area contributed by atoms with Crippen molar-refractivity contribution >= 4 is 0 Å². The number of hydrogen-bond donors (Lipinski definition) is 1. The highest BCUT2D eigenvalue weighted by Gasteiger charge is 2.51. The zero-order valence-corrected chi connectivity index (χ0v) is 7.80. The molecule has 2 aliphatic carbocycles. The molecule has 1 saturated carbocycles. The molecule has 0 amide bonds. The van der Waals surface area contributed by atoms with Crippen LogP contribution in [0, 0.1) is 29.6 Å². The molecule has 0 radical (unpaired) electrons. The largest absolute Gasteiger partial charge is 0.388 e. The molecule has 1 nitrogen and oxygen atoms in total. The Labute approximate surface area is 74.2 Å². The first-order valence-corrected chi connectivity index (χ1v) is 4.86. The average molecular weight is 164 g/mol. The smallest absolute Gasteiger partial charge is 0.0844 e. The second-order valence-electron chi connectivity index (χ2n) is 4.39. The Kier molecular flexibility index (Phi) is 1.70. The summed E-state index contributed by atoms with van der Waals surface area (Å²) in [7, 11) is 0. The minimum atomic E-state index is -0.467. The summed E-state index contributed by atoms with van der Waals surface area (Å²) >= 11 is 0. The van der Waals surface area contributed by atoms with Gasteiger partial charge in [0.15, 0.2) is 0 Å². The van der Waals surface area contributed by atoms with E-state index < -0.39 is 5.60 Å². The highest BCUT2D eigenvalue weighted by molar-refractivity contribution is 5.22. The van der Waals surface area contributed by atoms with Crippen molar-refractivity contribution in [3.05, 3.63) is 0 Å². The molecule has 0 aromatic rings. The standard InChI is InChI=1S/C11H16O/c1-8(2)11(12)9-4-3-5-10(11)7-6-9/h8-10,12H,4,6-7H2,1-2H3. The molecule has 0 saturated heterocycles. The van der Waals surface area contributed by atoms with E-state index in [1.165, 1.54) is 0 Å². The molecule has 2 rings (SSSR count). The van der Waals surface area contributed by atoms with Crippen LogP contribution in [0.3, 0.4) is 0 Å². The molecule has 1 fully saturated rings. The number of aliphatic hydroxyl groups is 1. The molecule has 2 aliphatic rings. The summed E-state index contributed by atoms with van der Waals surface area (Å²) in [6.45, 7) is 4.22. The molecule has 66 valence electrons.